The summed E-state index contributed by atoms with van der Waals surface area (Å²) >= 11 is 1.58. The van der Waals surface area contributed by atoms with Gasteiger partial charge in [0.15, 0.2) is 0 Å². The third kappa shape index (κ3) is 3.57. The average molecular weight is 226 g/mol. The van der Waals surface area contributed by atoms with Crippen LogP contribution in [-0.2, 0) is 0 Å². The van der Waals surface area contributed by atoms with E-state index < -0.39 is 5.97 Å². The summed E-state index contributed by atoms with van der Waals surface area (Å²) < 4.78 is 0. The zero-order valence-corrected chi connectivity index (χ0v) is 9.38. The Balaban J connectivity index is 2.76. The first-order valence-electron chi connectivity index (χ1n) is 4.72. The molecule has 82 valence electrons. The van der Waals surface area contributed by atoms with Gasteiger partial charge in [-0.15, -0.1) is 11.8 Å². The van der Waals surface area contributed by atoms with Crippen molar-refractivity contribution in [1.29, 1.82) is 0 Å². The van der Waals surface area contributed by atoms with E-state index in [1.54, 1.807) is 23.9 Å². The molecule has 3 nitrogen and oxygen atoms in total. The molecule has 2 N–H and O–H groups in total. The lowest BCUT2D eigenvalue weighted by atomic mass is 10.1. The van der Waals surface area contributed by atoms with Gasteiger partial charge in [-0.3, -0.25) is 0 Å². The Morgan fingerprint density at radius 3 is 2.80 bits per heavy atom. The Labute approximate surface area is 93.1 Å². The van der Waals surface area contributed by atoms with Crippen molar-refractivity contribution in [3.8, 4) is 0 Å². The molecule has 0 saturated heterocycles. The smallest absolute Gasteiger partial charge is 0.335 e. The molecular weight excluding hydrogens is 212 g/mol. The van der Waals surface area contributed by atoms with Gasteiger partial charge in [0.25, 0.3) is 0 Å². The highest BCUT2D eigenvalue weighted by Gasteiger charge is 2.06. The summed E-state index contributed by atoms with van der Waals surface area (Å²) in [4.78, 5) is 11.7. The van der Waals surface area contributed by atoms with Crippen LogP contribution in [0.15, 0.2) is 23.1 Å². The minimum atomic E-state index is -0.904. The second-order valence-electron chi connectivity index (χ2n) is 3.21. The normalized spacial score (nSPS) is 10.3. The molecule has 0 aliphatic heterocycles. The van der Waals surface area contributed by atoms with Crippen molar-refractivity contribution in [2.75, 3.05) is 12.4 Å². The van der Waals surface area contributed by atoms with Crippen molar-refractivity contribution in [2.45, 2.75) is 18.2 Å². The van der Waals surface area contributed by atoms with E-state index in [-0.39, 0.29) is 6.61 Å². The van der Waals surface area contributed by atoms with E-state index in [1.807, 2.05) is 13.0 Å². The van der Waals surface area contributed by atoms with Crippen molar-refractivity contribution in [2.24, 2.45) is 0 Å². The standard InChI is InChI=1S/C11H14O3S/c1-8-3-4-9(11(13)14)7-10(8)15-6-2-5-12/h3-4,7,12H,2,5-6H2,1H3,(H,13,14). The van der Waals surface area contributed by atoms with Gasteiger partial charge >= 0.3 is 5.97 Å². The third-order valence-electron chi connectivity index (χ3n) is 2.00. The van der Waals surface area contributed by atoms with Gasteiger partial charge in [-0.1, -0.05) is 6.07 Å². The Bertz CT molecular complexity index is 350. The number of aromatic carboxylic acids is 1. The predicted octanol–water partition coefficient (Wildman–Crippen LogP) is 2.17. The minimum Gasteiger partial charge on any atom is -0.478 e. The lowest BCUT2D eigenvalue weighted by Crippen LogP contribution is -1.97. The monoisotopic (exact) mass is 226 g/mol. The van der Waals surface area contributed by atoms with Crippen LogP contribution in [0.5, 0.6) is 0 Å². The van der Waals surface area contributed by atoms with Crippen molar-refractivity contribution in [1.82, 2.24) is 0 Å². The van der Waals surface area contributed by atoms with E-state index in [2.05, 4.69) is 0 Å². The first-order valence-corrected chi connectivity index (χ1v) is 5.71. The topological polar surface area (TPSA) is 57.5 Å². The summed E-state index contributed by atoms with van der Waals surface area (Å²) in [6.07, 6.45) is 0.724. The number of benzene rings is 1. The second-order valence-corrected chi connectivity index (χ2v) is 4.35. The first kappa shape index (κ1) is 12.1. The fourth-order valence-corrected chi connectivity index (χ4v) is 2.13. The Morgan fingerprint density at radius 1 is 1.47 bits per heavy atom. The maximum absolute atomic E-state index is 10.7. The fraction of sp³-hybridized carbons (Fsp3) is 0.364. The van der Waals surface area contributed by atoms with E-state index in [0.29, 0.717) is 5.56 Å². The Hall–Kier alpha value is -1.00. The van der Waals surface area contributed by atoms with Gasteiger partial charge in [-0.05, 0) is 31.0 Å². The van der Waals surface area contributed by atoms with Crippen LogP contribution in [0.25, 0.3) is 0 Å². The highest BCUT2D eigenvalue weighted by atomic mass is 32.2. The van der Waals surface area contributed by atoms with Crippen LogP contribution in [0.3, 0.4) is 0 Å². The maximum atomic E-state index is 10.7. The molecule has 1 aromatic carbocycles. The molecule has 4 heteroatoms. The summed E-state index contributed by atoms with van der Waals surface area (Å²) in [6.45, 7) is 2.12. The quantitative estimate of drug-likeness (QED) is 0.596. The number of aliphatic hydroxyl groups is 1. The van der Waals surface area contributed by atoms with Gasteiger partial charge in [0.1, 0.15) is 0 Å². The molecule has 0 unspecified atom stereocenters. The van der Waals surface area contributed by atoms with Crippen molar-refractivity contribution in [3.05, 3.63) is 29.3 Å². The third-order valence-corrected chi connectivity index (χ3v) is 3.24. The van der Waals surface area contributed by atoms with Gasteiger partial charge in [0.05, 0.1) is 5.56 Å². The van der Waals surface area contributed by atoms with E-state index in [0.717, 1.165) is 22.6 Å². The molecular formula is C11H14O3S. The van der Waals surface area contributed by atoms with Crippen LogP contribution in [-0.4, -0.2) is 28.5 Å². The molecule has 0 aliphatic carbocycles. The molecule has 1 rings (SSSR count). The van der Waals surface area contributed by atoms with Crippen LogP contribution in [0.2, 0.25) is 0 Å². The summed E-state index contributed by atoms with van der Waals surface area (Å²) in [5.41, 5.74) is 1.38. The number of thioether (sulfide) groups is 1. The summed E-state index contributed by atoms with van der Waals surface area (Å²) in [5, 5.41) is 17.5. The number of aliphatic hydroxyl groups excluding tert-OH is 1. The molecule has 0 fully saturated rings. The van der Waals surface area contributed by atoms with Crippen molar-refractivity contribution >= 4 is 17.7 Å². The van der Waals surface area contributed by atoms with Gasteiger partial charge in [0.2, 0.25) is 0 Å². The molecule has 0 aliphatic rings. The number of rotatable bonds is 5. The lowest BCUT2D eigenvalue weighted by Gasteiger charge is -2.05. The van der Waals surface area contributed by atoms with E-state index in [1.165, 1.54) is 0 Å². The zero-order chi connectivity index (χ0) is 11.3. The van der Waals surface area contributed by atoms with Gasteiger partial charge in [-0.25, -0.2) is 4.79 Å². The summed E-state index contributed by atoms with van der Waals surface area (Å²) in [7, 11) is 0. The molecule has 0 spiro atoms. The number of carbonyl (C=O) groups is 1. The molecule has 0 atom stereocenters. The second kappa shape index (κ2) is 5.78. The molecule has 0 amide bonds. The molecule has 15 heavy (non-hydrogen) atoms. The number of carboxylic acid groups (broad SMARTS) is 1. The van der Waals surface area contributed by atoms with Crippen molar-refractivity contribution < 1.29 is 15.0 Å². The predicted molar refractivity (Wildman–Crippen MR) is 60.6 cm³/mol. The molecule has 0 saturated carbocycles. The number of carboxylic acids is 1. The molecule has 1 aromatic rings. The number of hydrogen-bond acceptors (Lipinski definition) is 3. The van der Waals surface area contributed by atoms with Crippen LogP contribution in [0, 0.1) is 6.92 Å². The summed E-state index contributed by atoms with van der Waals surface area (Å²) in [5.74, 6) is -0.0977. The van der Waals surface area contributed by atoms with Crippen LogP contribution in [0.1, 0.15) is 22.3 Å². The molecule has 0 radical (unpaired) electrons. The zero-order valence-electron chi connectivity index (χ0n) is 8.56. The largest absolute Gasteiger partial charge is 0.478 e. The molecule has 0 heterocycles. The lowest BCUT2D eigenvalue weighted by molar-refractivity contribution is 0.0696. The van der Waals surface area contributed by atoms with Crippen LogP contribution >= 0.6 is 11.8 Å². The number of aryl methyl sites for hydroxylation is 1. The first-order chi connectivity index (χ1) is 7.15. The maximum Gasteiger partial charge on any atom is 0.335 e. The fourth-order valence-electron chi connectivity index (χ4n) is 1.14. The van der Waals surface area contributed by atoms with E-state index >= 15 is 0 Å². The van der Waals surface area contributed by atoms with Crippen LogP contribution < -0.4 is 0 Å². The SMILES string of the molecule is Cc1ccc(C(=O)O)cc1SCCCO. The van der Waals surface area contributed by atoms with Gasteiger partial charge in [0, 0.05) is 17.3 Å². The average Bonchev–Trinajstić information content (AvgIpc) is 2.20. The highest BCUT2D eigenvalue weighted by molar-refractivity contribution is 7.99. The molecule has 0 aromatic heterocycles. The minimum absolute atomic E-state index is 0.171. The van der Waals surface area contributed by atoms with Crippen molar-refractivity contribution in [3.63, 3.8) is 0 Å². The summed E-state index contributed by atoms with van der Waals surface area (Å²) in [6, 6.07) is 5.10. The Kier molecular flexibility index (Phi) is 4.65. The van der Waals surface area contributed by atoms with Gasteiger partial charge in [-0.2, -0.15) is 0 Å². The number of hydrogen-bond donors (Lipinski definition) is 2. The van der Waals surface area contributed by atoms with Crippen LogP contribution in [0.4, 0.5) is 0 Å². The Morgan fingerprint density at radius 2 is 2.20 bits per heavy atom. The van der Waals surface area contributed by atoms with E-state index in [9.17, 15) is 4.79 Å². The highest BCUT2D eigenvalue weighted by Crippen LogP contribution is 2.24. The molecule has 0 bridgehead atoms. The van der Waals surface area contributed by atoms with Gasteiger partial charge < -0.3 is 10.2 Å². The van der Waals surface area contributed by atoms with E-state index in [4.69, 9.17) is 10.2 Å².